The van der Waals surface area contributed by atoms with Crippen molar-refractivity contribution in [3.63, 3.8) is 0 Å². The molecule has 1 aliphatic carbocycles. The molecule has 0 aromatic carbocycles. The van der Waals surface area contributed by atoms with Crippen LogP contribution in [0.15, 0.2) is 18.3 Å². The summed E-state index contributed by atoms with van der Waals surface area (Å²) < 4.78 is 0. The SMILES string of the molecule is NC[C@H]1CCCN(c2nccc(Nc3cc(C4CCCC4)[nH]n3)n2)C1. The van der Waals surface area contributed by atoms with E-state index >= 15 is 0 Å². The fourth-order valence-corrected chi connectivity index (χ4v) is 3.99. The van der Waals surface area contributed by atoms with Crippen molar-refractivity contribution >= 4 is 17.6 Å². The van der Waals surface area contributed by atoms with Gasteiger partial charge in [0.05, 0.1) is 0 Å². The fraction of sp³-hybridized carbons (Fsp3) is 0.611. The third-order valence-electron chi connectivity index (χ3n) is 5.43. The van der Waals surface area contributed by atoms with E-state index in [-0.39, 0.29) is 0 Å². The van der Waals surface area contributed by atoms with E-state index in [1.807, 2.05) is 6.07 Å². The van der Waals surface area contributed by atoms with Crippen LogP contribution in [0.3, 0.4) is 0 Å². The van der Waals surface area contributed by atoms with Crippen LogP contribution in [0, 0.1) is 5.92 Å². The molecule has 1 atom stereocenters. The minimum Gasteiger partial charge on any atom is -0.340 e. The van der Waals surface area contributed by atoms with Gasteiger partial charge in [-0.2, -0.15) is 10.1 Å². The maximum Gasteiger partial charge on any atom is 0.227 e. The van der Waals surface area contributed by atoms with Crippen molar-refractivity contribution in [1.82, 2.24) is 20.2 Å². The molecule has 2 fully saturated rings. The van der Waals surface area contributed by atoms with Crippen molar-refractivity contribution < 1.29 is 0 Å². The first kappa shape index (κ1) is 16.3. The van der Waals surface area contributed by atoms with Gasteiger partial charge in [0, 0.05) is 37.0 Å². The van der Waals surface area contributed by atoms with E-state index in [4.69, 9.17) is 5.73 Å². The normalized spacial score (nSPS) is 21.6. The predicted octanol–water partition coefficient (Wildman–Crippen LogP) is 2.78. The molecule has 7 nitrogen and oxygen atoms in total. The van der Waals surface area contributed by atoms with Crippen LogP contribution >= 0.6 is 0 Å². The highest BCUT2D eigenvalue weighted by atomic mass is 15.3. The number of H-pyrrole nitrogens is 1. The van der Waals surface area contributed by atoms with E-state index in [2.05, 4.69) is 36.4 Å². The maximum absolute atomic E-state index is 5.84. The standard InChI is InChI=1S/C18H27N7/c19-11-13-4-3-9-25(12-13)18-20-8-7-16(22-18)21-17-10-15(23-24-17)14-5-1-2-6-14/h7-8,10,13-14H,1-6,9,11-12,19H2,(H2,20,21,22,23,24)/t13-/m1/s1. The lowest BCUT2D eigenvalue weighted by Crippen LogP contribution is -2.39. The zero-order valence-corrected chi connectivity index (χ0v) is 14.6. The number of nitrogens with zero attached hydrogens (tertiary/aromatic N) is 4. The van der Waals surface area contributed by atoms with Gasteiger partial charge in [-0.05, 0) is 44.2 Å². The number of nitrogens with one attached hydrogen (secondary N) is 2. The second-order valence-electron chi connectivity index (χ2n) is 7.25. The molecule has 3 heterocycles. The van der Waals surface area contributed by atoms with Crippen molar-refractivity contribution in [3.8, 4) is 0 Å². The number of aromatic nitrogens is 4. The van der Waals surface area contributed by atoms with Crippen LogP contribution in [0.1, 0.15) is 50.1 Å². The van der Waals surface area contributed by atoms with Crippen LogP contribution < -0.4 is 16.0 Å². The number of anilines is 3. The average Bonchev–Trinajstić information content (AvgIpc) is 3.34. The summed E-state index contributed by atoms with van der Waals surface area (Å²) in [5, 5.41) is 10.9. The third kappa shape index (κ3) is 3.76. The first-order valence-corrected chi connectivity index (χ1v) is 9.42. The van der Waals surface area contributed by atoms with Gasteiger partial charge in [-0.1, -0.05) is 12.8 Å². The topological polar surface area (TPSA) is 95.8 Å². The van der Waals surface area contributed by atoms with Gasteiger partial charge in [-0.3, -0.25) is 5.10 Å². The van der Waals surface area contributed by atoms with Crippen LogP contribution in [0.25, 0.3) is 0 Å². The van der Waals surface area contributed by atoms with Crippen LogP contribution in [-0.4, -0.2) is 39.8 Å². The Labute approximate surface area is 148 Å². The Morgan fingerprint density at radius 2 is 2.08 bits per heavy atom. The largest absolute Gasteiger partial charge is 0.340 e. The van der Waals surface area contributed by atoms with E-state index in [9.17, 15) is 0 Å². The number of aromatic amines is 1. The second-order valence-corrected chi connectivity index (χ2v) is 7.25. The molecule has 2 aliphatic rings. The summed E-state index contributed by atoms with van der Waals surface area (Å²) in [6.45, 7) is 2.66. The van der Waals surface area contributed by atoms with E-state index in [0.29, 0.717) is 11.8 Å². The molecule has 7 heteroatoms. The first-order valence-electron chi connectivity index (χ1n) is 9.42. The predicted molar refractivity (Wildman–Crippen MR) is 99.1 cm³/mol. The second kappa shape index (κ2) is 7.39. The Morgan fingerprint density at radius 1 is 1.20 bits per heavy atom. The number of hydrogen-bond acceptors (Lipinski definition) is 6. The van der Waals surface area contributed by atoms with Crippen LogP contribution in [0.5, 0.6) is 0 Å². The maximum atomic E-state index is 5.84. The number of nitrogens with two attached hydrogens (primary N) is 1. The zero-order chi connectivity index (χ0) is 17.1. The van der Waals surface area contributed by atoms with Crippen molar-refractivity contribution in [1.29, 1.82) is 0 Å². The molecule has 0 amide bonds. The molecule has 4 rings (SSSR count). The molecule has 1 saturated heterocycles. The van der Waals surface area contributed by atoms with Gasteiger partial charge in [0.15, 0.2) is 5.82 Å². The van der Waals surface area contributed by atoms with E-state index in [1.54, 1.807) is 6.20 Å². The summed E-state index contributed by atoms with van der Waals surface area (Å²) in [4.78, 5) is 11.4. The van der Waals surface area contributed by atoms with Crippen molar-refractivity contribution in [2.75, 3.05) is 29.9 Å². The fourth-order valence-electron chi connectivity index (χ4n) is 3.99. The summed E-state index contributed by atoms with van der Waals surface area (Å²) in [6.07, 6.45) is 9.31. The lowest BCUT2D eigenvalue weighted by molar-refractivity contribution is 0.419. The van der Waals surface area contributed by atoms with Crippen LogP contribution in [0.4, 0.5) is 17.6 Å². The van der Waals surface area contributed by atoms with Crippen LogP contribution in [0.2, 0.25) is 0 Å². The highest BCUT2D eigenvalue weighted by Crippen LogP contribution is 2.34. The highest BCUT2D eigenvalue weighted by Gasteiger charge is 2.21. The van der Waals surface area contributed by atoms with Gasteiger partial charge < -0.3 is 16.0 Å². The van der Waals surface area contributed by atoms with E-state index in [1.165, 1.54) is 37.8 Å². The van der Waals surface area contributed by atoms with Crippen molar-refractivity contribution in [2.45, 2.75) is 44.4 Å². The monoisotopic (exact) mass is 341 g/mol. The van der Waals surface area contributed by atoms with E-state index in [0.717, 1.165) is 43.6 Å². The molecular weight excluding hydrogens is 314 g/mol. The highest BCUT2D eigenvalue weighted by molar-refractivity contribution is 5.53. The molecule has 0 spiro atoms. The van der Waals surface area contributed by atoms with Gasteiger partial charge >= 0.3 is 0 Å². The first-order chi connectivity index (χ1) is 12.3. The van der Waals surface area contributed by atoms with Gasteiger partial charge in [0.25, 0.3) is 0 Å². The molecule has 0 bridgehead atoms. The number of hydrogen-bond donors (Lipinski definition) is 3. The smallest absolute Gasteiger partial charge is 0.227 e. The van der Waals surface area contributed by atoms with Gasteiger partial charge in [-0.15, -0.1) is 0 Å². The summed E-state index contributed by atoms with van der Waals surface area (Å²) in [5.41, 5.74) is 7.07. The quantitative estimate of drug-likeness (QED) is 0.774. The summed E-state index contributed by atoms with van der Waals surface area (Å²) in [5.74, 6) is 3.55. The Kier molecular flexibility index (Phi) is 4.83. The summed E-state index contributed by atoms with van der Waals surface area (Å²) in [7, 11) is 0. The summed E-state index contributed by atoms with van der Waals surface area (Å²) >= 11 is 0. The minimum atomic E-state index is 0.536. The molecule has 1 aliphatic heterocycles. The van der Waals surface area contributed by atoms with Crippen LogP contribution in [-0.2, 0) is 0 Å². The third-order valence-corrected chi connectivity index (χ3v) is 5.43. The Hall–Kier alpha value is -2.15. The molecule has 25 heavy (non-hydrogen) atoms. The minimum absolute atomic E-state index is 0.536. The summed E-state index contributed by atoms with van der Waals surface area (Å²) in [6, 6.07) is 4.00. The lowest BCUT2D eigenvalue weighted by atomic mass is 9.99. The van der Waals surface area contributed by atoms with Gasteiger partial charge in [-0.25, -0.2) is 4.98 Å². The average molecular weight is 341 g/mol. The molecule has 134 valence electrons. The molecule has 0 radical (unpaired) electrons. The number of rotatable bonds is 5. The van der Waals surface area contributed by atoms with Crippen molar-refractivity contribution in [3.05, 3.63) is 24.0 Å². The Morgan fingerprint density at radius 3 is 2.92 bits per heavy atom. The number of piperidine rings is 1. The molecule has 2 aromatic heterocycles. The Balaban J connectivity index is 1.44. The zero-order valence-electron chi connectivity index (χ0n) is 14.6. The van der Waals surface area contributed by atoms with Gasteiger partial charge in [0.2, 0.25) is 5.95 Å². The Bertz CT molecular complexity index is 692. The van der Waals surface area contributed by atoms with E-state index < -0.39 is 0 Å². The lowest BCUT2D eigenvalue weighted by Gasteiger charge is -2.32. The van der Waals surface area contributed by atoms with Crippen molar-refractivity contribution in [2.24, 2.45) is 11.7 Å². The molecule has 4 N–H and O–H groups in total. The van der Waals surface area contributed by atoms with Gasteiger partial charge in [0.1, 0.15) is 5.82 Å². The molecular formula is C18H27N7. The molecule has 2 aromatic rings. The molecule has 1 saturated carbocycles. The molecule has 0 unspecified atom stereocenters.